The fourth-order valence-electron chi connectivity index (χ4n) is 2.27. The van der Waals surface area contributed by atoms with Gasteiger partial charge in [0.25, 0.3) is 0 Å². The number of anilines is 1. The fraction of sp³-hybridized carbons (Fsp3) is 0.375. The molecule has 2 rings (SSSR count). The molecule has 0 saturated heterocycles. The lowest BCUT2D eigenvalue weighted by atomic mass is 10.1. The predicted molar refractivity (Wildman–Crippen MR) is 89.1 cm³/mol. The summed E-state index contributed by atoms with van der Waals surface area (Å²) in [6.07, 6.45) is 0. The first kappa shape index (κ1) is 16.5. The molecule has 5 nitrogen and oxygen atoms in total. The number of aryl methyl sites for hydroxylation is 2. The molecule has 1 N–H and O–H groups in total. The Bertz CT molecular complexity index is 651. The van der Waals surface area contributed by atoms with Crippen LogP contribution < -0.4 is 5.32 Å². The van der Waals surface area contributed by atoms with E-state index in [1.807, 2.05) is 56.3 Å². The molecule has 22 heavy (non-hydrogen) atoms. The van der Waals surface area contributed by atoms with Crippen LogP contribution >= 0.6 is 11.6 Å². The van der Waals surface area contributed by atoms with E-state index in [0.29, 0.717) is 17.4 Å². The van der Waals surface area contributed by atoms with Crippen LogP contribution in [0.15, 0.2) is 30.3 Å². The number of nitrogens with zero attached hydrogens (tertiary/aromatic N) is 3. The molecular formula is C16H21ClN4O. The van der Waals surface area contributed by atoms with Gasteiger partial charge >= 0.3 is 0 Å². The van der Waals surface area contributed by atoms with E-state index in [4.69, 9.17) is 11.6 Å². The normalized spacial score (nSPS) is 12.5. The third-order valence-electron chi connectivity index (χ3n) is 3.68. The van der Waals surface area contributed by atoms with Gasteiger partial charge in [-0.25, -0.2) is 0 Å². The van der Waals surface area contributed by atoms with Crippen molar-refractivity contribution in [3.8, 4) is 0 Å². The summed E-state index contributed by atoms with van der Waals surface area (Å²) in [5.74, 6) is 0.640. The number of carbonyl (C=O) groups is 1. The van der Waals surface area contributed by atoms with Gasteiger partial charge in [-0.1, -0.05) is 23.7 Å². The van der Waals surface area contributed by atoms with Crippen molar-refractivity contribution in [2.75, 3.05) is 18.9 Å². The van der Waals surface area contributed by atoms with Crippen molar-refractivity contribution in [2.45, 2.75) is 19.9 Å². The van der Waals surface area contributed by atoms with Crippen LogP contribution in [0, 0.1) is 6.92 Å². The number of nitrogens with one attached hydrogen (secondary N) is 1. The zero-order valence-electron chi connectivity index (χ0n) is 13.3. The number of likely N-dealkylation sites (N-methyl/N-ethyl adjacent to an activating group) is 1. The molecule has 1 amide bonds. The van der Waals surface area contributed by atoms with Crippen molar-refractivity contribution >= 4 is 23.3 Å². The van der Waals surface area contributed by atoms with Gasteiger partial charge in [0, 0.05) is 24.2 Å². The summed E-state index contributed by atoms with van der Waals surface area (Å²) in [7, 11) is 3.73. The van der Waals surface area contributed by atoms with Gasteiger partial charge in [0.15, 0.2) is 0 Å². The molecule has 118 valence electrons. The number of aromatic nitrogens is 2. The Morgan fingerprint density at radius 3 is 2.59 bits per heavy atom. The Balaban J connectivity index is 1.95. The summed E-state index contributed by atoms with van der Waals surface area (Å²) in [6, 6.07) is 9.65. The SMILES string of the molecule is Cc1cc(NC(=O)CN(C)C(C)c2ccc(Cl)cc2)n(C)n1. The van der Waals surface area contributed by atoms with E-state index in [0.717, 1.165) is 11.3 Å². The first-order chi connectivity index (χ1) is 10.4. The molecule has 2 aromatic rings. The first-order valence-corrected chi connectivity index (χ1v) is 7.51. The summed E-state index contributed by atoms with van der Waals surface area (Å²) < 4.78 is 1.66. The second-order valence-electron chi connectivity index (χ2n) is 5.49. The van der Waals surface area contributed by atoms with E-state index in [1.54, 1.807) is 4.68 Å². The molecule has 0 fully saturated rings. The first-order valence-electron chi connectivity index (χ1n) is 7.13. The molecule has 0 radical (unpaired) electrons. The number of halogens is 1. The predicted octanol–water partition coefficient (Wildman–Crippen LogP) is 3.01. The summed E-state index contributed by atoms with van der Waals surface area (Å²) in [4.78, 5) is 14.1. The Morgan fingerprint density at radius 1 is 1.41 bits per heavy atom. The van der Waals surface area contributed by atoms with Crippen molar-refractivity contribution < 1.29 is 4.79 Å². The van der Waals surface area contributed by atoms with E-state index in [2.05, 4.69) is 17.3 Å². The second kappa shape index (κ2) is 6.94. The van der Waals surface area contributed by atoms with Gasteiger partial charge in [-0.05, 0) is 38.6 Å². The van der Waals surface area contributed by atoms with Crippen LogP contribution in [-0.2, 0) is 11.8 Å². The Kier molecular flexibility index (Phi) is 5.21. The third-order valence-corrected chi connectivity index (χ3v) is 3.93. The number of hydrogen-bond acceptors (Lipinski definition) is 3. The molecular weight excluding hydrogens is 300 g/mol. The van der Waals surface area contributed by atoms with E-state index in [-0.39, 0.29) is 11.9 Å². The van der Waals surface area contributed by atoms with Crippen LogP contribution in [0.1, 0.15) is 24.2 Å². The number of hydrogen-bond donors (Lipinski definition) is 1. The standard InChI is InChI=1S/C16H21ClN4O/c1-11-9-15(21(4)19-11)18-16(22)10-20(3)12(2)13-5-7-14(17)8-6-13/h5-9,12H,10H2,1-4H3,(H,18,22). The van der Waals surface area contributed by atoms with Crippen molar-refractivity contribution in [3.05, 3.63) is 46.6 Å². The van der Waals surface area contributed by atoms with E-state index in [9.17, 15) is 4.79 Å². The zero-order chi connectivity index (χ0) is 16.3. The minimum Gasteiger partial charge on any atom is -0.310 e. The average molecular weight is 321 g/mol. The molecule has 1 unspecified atom stereocenters. The minimum atomic E-state index is -0.0636. The van der Waals surface area contributed by atoms with Crippen molar-refractivity contribution in [1.29, 1.82) is 0 Å². The molecule has 0 aliphatic heterocycles. The lowest BCUT2D eigenvalue weighted by Crippen LogP contribution is -2.32. The maximum atomic E-state index is 12.2. The van der Waals surface area contributed by atoms with Gasteiger partial charge in [-0.2, -0.15) is 5.10 Å². The molecule has 1 atom stereocenters. The summed E-state index contributed by atoms with van der Waals surface area (Å²) in [5.41, 5.74) is 2.00. The zero-order valence-corrected chi connectivity index (χ0v) is 14.1. The highest BCUT2D eigenvalue weighted by Gasteiger charge is 2.16. The number of rotatable bonds is 5. The summed E-state index contributed by atoms with van der Waals surface area (Å²) in [6.45, 7) is 4.25. The Labute approximate surface area is 135 Å². The molecule has 0 saturated carbocycles. The topological polar surface area (TPSA) is 50.2 Å². The summed E-state index contributed by atoms with van der Waals surface area (Å²) >= 11 is 5.90. The molecule has 0 aliphatic carbocycles. The van der Waals surface area contributed by atoms with Gasteiger partial charge < -0.3 is 5.32 Å². The van der Waals surface area contributed by atoms with Gasteiger partial charge in [-0.15, -0.1) is 0 Å². The van der Waals surface area contributed by atoms with Crippen LogP contribution in [-0.4, -0.2) is 34.2 Å². The highest BCUT2D eigenvalue weighted by molar-refractivity contribution is 6.30. The van der Waals surface area contributed by atoms with Crippen LogP contribution in [0.2, 0.25) is 5.02 Å². The lowest BCUT2D eigenvalue weighted by molar-refractivity contribution is -0.117. The molecule has 0 spiro atoms. The lowest BCUT2D eigenvalue weighted by Gasteiger charge is -2.24. The van der Waals surface area contributed by atoms with Gasteiger partial charge in [0.05, 0.1) is 12.2 Å². The number of benzene rings is 1. The van der Waals surface area contributed by atoms with Crippen LogP contribution in [0.5, 0.6) is 0 Å². The smallest absolute Gasteiger partial charge is 0.239 e. The van der Waals surface area contributed by atoms with Crippen molar-refractivity contribution in [2.24, 2.45) is 7.05 Å². The van der Waals surface area contributed by atoms with Crippen molar-refractivity contribution in [3.63, 3.8) is 0 Å². The van der Waals surface area contributed by atoms with Crippen LogP contribution in [0.25, 0.3) is 0 Å². The van der Waals surface area contributed by atoms with Gasteiger partial charge in [-0.3, -0.25) is 14.4 Å². The quantitative estimate of drug-likeness (QED) is 0.921. The van der Waals surface area contributed by atoms with Crippen molar-refractivity contribution in [1.82, 2.24) is 14.7 Å². The maximum absolute atomic E-state index is 12.2. The minimum absolute atomic E-state index is 0.0636. The largest absolute Gasteiger partial charge is 0.310 e. The molecule has 0 bridgehead atoms. The second-order valence-corrected chi connectivity index (χ2v) is 5.92. The van der Waals surface area contributed by atoms with Gasteiger partial charge in [0.1, 0.15) is 5.82 Å². The van der Waals surface area contributed by atoms with E-state index in [1.165, 1.54) is 0 Å². The number of carbonyl (C=O) groups excluding carboxylic acids is 1. The Hall–Kier alpha value is -1.85. The number of amides is 1. The Morgan fingerprint density at radius 2 is 2.05 bits per heavy atom. The highest BCUT2D eigenvalue weighted by atomic mass is 35.5. The monoisotopic (exact) mass is 320 g/mol. The maximum Gasteiger partial charge on any atom is 0.239 e. The fourth-order valence-corrected chi connectivity index (χ4v) is 2.40. The highest BCUT2D eigenvalue weighted by Crippen LogP contribution is 2.20. The molecule has 1 aromatic carbocycles. The molecule has 6 heteroatoms. The van der Waals surface area contributed by atoms with E-state index < -0.39 is 0 Å². The van der Waals surface area contributed by atoms with Crippen LogP contribution in [0.3, 0.4) is 0 Å². The average Bonchev–Trinajstić information content (AvgIpc) is 2.76. The van der Waals surface area contributed by atoms with Gasteiger partial charge in [0.2, 0.25) is 5.91 Å². The van der Waals surface area contributed by atoms with Crippen LogP contribution in [0.4, 0.5) is 5.82 Å². The molecule has 1 aromatic heterocycles. The third kappa shape index (κ3) is 4.08. The van der Waals surface area contributed by atoms with E-state index >= 15 is 0 Å². The summed E-state index contributed by atoms with van der Waals surface area (Å²) in [5, 5.41) is 7.80. The molecule has 1 heterocycles. The molecule has 0 aliphatic rings.